The van der Waals surface area contributed by atoms with Crippen LogP contribution in [0.25, 0.3) is 5.76 Å². The third kappa shape index (κ3) is 5.60. The van der Waals surface area contributed by atoms with E-state index in [0.29, 0.717) is 17.9 Å². The molecule has 0 bridgehead atoms. The molecule has 5 rings (SSSR count). The van der Waals surface area contributed by atoms with Crippen LogP contribution in [0.3, 0.4) is 0 Å². The lowest BCUT2D eigenvalue weighted by Crippen LogP contribution is -2.29. The first-order valence-electron chi connectivity index (χ1n) is 13.0. The van der Waals surface area contributed by atoms with Gasteiger partial charge in [0.2, 0.25) is 0 Å². The summed E-state index contributed by atoms with van der Waals surface area (Å²) in [5, 5.41) is 22.7. The highest BCUT2D eigenvalue weighted by atomic mass is 32.1. The number of aliphatic hydroxyl groups is 1. The van der Waals surface area contributed by atoms with Gasteiger partial charge in [-0.2, -0.15) is 0 Å². The second kappa shape index (κ2) is 11.9. The fourth-order valence-electron chi connectivity index (χ4n) is 4.69. The molecule has 3 aromatic carbocycles. The molecule has 218 valence electrons. The molecule has 1 aromatic heterocycles. The fourth-order valence-corrected chi connectivity index (χ4v) is 5.70. The second-order valence-electron chi connectivity index (χ2n) is 9.66. The van der Waals surface area contributed by atoms with Gasteiger partial charge in [-0.25, -0.2) is 9.78 Å². The van der Waals surface area contributed by atoms with Crippen LogP contribution in [0.1, 0.15) is 43.7 Å². The smallest absolute Gasteiger partial charge is 0.350 e. The SMILES string of the molecule is COC(=O)c1sc(N2C(=O)C(=O)C(=C(O)c3ccc(OCc4ccccc4C)cc3)C2c2ccc([N+](=O)[O-])cc2)nc1C. The van der Waals surface area contributed by atoms with Crippen molar-refractivity contribution >= 4 is 45.6 Å². The van der Waals surface area contributed by atoms with Gasteiger partial charge in [0.25, 0.3) is 11.5 Å². The number of ether oxygens (including phenoxy) is 2. The number of Topliss-reactive ketones (excluding diaryl/α,β-unsaturated/α-hetero) is 1. The Kier molecular flexibility index (Phi) is 8.04. The number of methoxy groups -OCH3 is 1. The summed E-state index contributed by atoms with van der Waals surface area (Å²) in [6, 6.07) is 18.3. The average molecular weight is 600 g/mol. The number of aryl methyl sites for hydroxylation is 2. The Labute approximate surface area is 249 Å². The number of hydrogen-bond donors (Lipinski definition) is 1. The third-order valence-corrected chi connectivity index (χ3v) is 8.15. The van der Waals surface area contributed by atoms with Crippen molar-refractivity contribution < 1.29 is 33.9 Å². The minimum atomic E-state index is -1.19. The molecule has 4 aromatic rings. The number of aliphatic hydroxyl groups excluding tert-OH is 1. The Morgan fingerprint density at radius 2 is 1.72 bits per heavy atom. The lowest BCUT2D eigenvalue weighted by atomic mass is 9.95. The van der Waals surface area contributed by atoms with Crippen LogP contribution in [0.2, 0.25) is 0 Å². The standard InChI is InChI=1S/C31H25N3O8S/c1-17-6-4-5-7-21(17)16-42-23-14-10-20(11-15-23)26(35)24-25(19-8-12-22(13-9-19)34(39)40)33(29(37)27(24)36)31-32-18(2)28(43-31)30(38)41-3/h4-15,25,35H,16H2,1-3H3. The molecule has 1 N–H and O–H groups in total. The van der Waals surface area contributed by atoms with Crippen LogP contribution in [-0.4, -0.2) is 39.8 Å². The first-order valence-corrected chi connectivity index (χ1v) is 13.8. The van der Waals surface area contributed by atoms with Gasteiger partial charge in [0.15, 0.2) is 5.13 Å². The molecule has 0 saturated carbocycles. The number of aromatic nitrogens is 1. The summed E-state index contributed by atoms with van der Waals surface area (Å²) in [4.78, 5) is 55.4. The molecule has 1 aliphatic heterocycles. The number of hydrogen-bond acceptors (Lipinski definition) is 10. The summed E-state index contributed by atoms with van der Waals surface area (Å²) in [6.07, 6.45) is 0. The Morgan fingerprint density at radius 1 is 1.05 bits per heavy atom. The van der Waals surface area contributed by atoms with Gasteiger partial charge in [0, 0.05) is 17.7 Å². The van der Waals surface area contributed by atoms with E-state index in [1.807, 2.05) is 31.2 Å². The Bertz CT molecular complexity index is 1780. The lowest BCUT2D eigenvalue weighted by Gasteiger charge is -2.23. The summed E-state index contributed by atoms with van der Waals surface area (Å²) in [6.45, 7) is 3.89. The zero-order chi connectivity index (χ0) is 30.8. The van der Waals surface area contributed by atoms with Gasteiger partial charge >= 0.3 is 11.9 Å². The number of amides is 1. The van der Waals surface area contributed by atoms with Crippen LogP contribution in [0.15, 0.2) is 78.4 Å². The fraction of sp³-hybridized carbons (Fsp3) is 0.161. The van der Waals surface area contributed by atoms with Crippen molar-refractivity contribution in [3.05, 3.63) is 121 Å². The third-order valence-electron chi connectivity index (χ3n) is 7.01. The van der Waals surface area contributed by atoms with Crippen LogP contribution in [0.4, 0.5) is 10.8 Å². The van der Waals surface area contributed by atoms with E-state index in [9.17, 15) is 29.6 Å². The number of nitrogens with zero attached hydrogens (tertiary/aromatic N) is 3. The maximum Gasteiger partial charge on any atom is 0.350 e. The number of carbonyl (C=O) groups is 3. The van der Waals surface area contributed by atoms with E-state index in [0.717, 1.165) is 27.4 Å². The van der Waals surface area contributed by atoms with E-state index in [2.05, 4.69) is 4.98 Å². The number of rotatable bonds is 8. The Balaban J connectivity index is 1.55. The molecule has 1 saturated heterocycles. The minimum absolute atomic E-state index is 0.0300. The zero-order valence-electron chi connectivity index (χ0n) is 23.3. The molecular weight excluding hydrogens is 574 g/mol. The number of thiazole rings is 1. The van der Waals surface area contributed by atoms with Crippen LogP contribution in [0.5, 0.6) is 5.75 Å². The van der Waals surface area contributed by atoms with Crippen LogP contribution in [0, 0.1) is 24.0 Å². The van der Waals surface area contributed by atoms with E-state index in [1.165, 1.54) is 31.4 Å². The molecule has 1 amide bonds. The average Bonchev–Trinajstić information content (AvgIpc) is 3.52. The molecule has 12 heteroatoms. The maximum atomic E-state index is 13.4. The number of ketones is 1. The molecule has 1 fully saturated rings. The number of non-ortho nitro benzene ring substituents is 1. The second-order valence-corrected chi connectivity index (χ2v) is 10.6. The molecule has 1 unspecified atom stereocenters. The van der Waals surface area contributed by atoms with Crippen LogP contribution >= 0.6 is 11.3 Å². The predicted molar refractivity (Wildman–Crippen MR) is 158 cm³/mol. The molecule has 11 nitrogen and oxygen atoms in total. The molecule has 0 aliphatic carbocycles. The topological polar surface area (TPSA) is 149 Å². The number of esters is 1. The maximum absolute atomic E-state index is 13.4. The van der Waals surface area contributed by atoms with Gasteiger partial charge in [-0.15, -0.1) is 0 Å². The van der Waals surface area contributed by atoms with Gasteiger partial charge in [0.1, 0.15) is 23.0 Å². The first kappa shape index (κ1) is 29.1. The Hall–Kier alpha value is -5.36. The van der Waals surface area contributed by atoms with Crippen molar-refractivity contribution in [2.24, 2.45) is 0 Å². The lowest BCUT2D eigenvalue weighted by molar-refractivity contribution is -0.384. The summed E-state index contributed by atoms with van der Waals surface area (Å²) >= 11 is 0.856. The van der Waals surface area contributed by atoms with Gasteiger partial charge in [0.05, 0.1) is 29.3 Å². The summed E-state index contributed by atoms with van der Waals surface area (Å²) in [5.41, 5.74) is 2.53. The molecule has 2 heterocycles. The predicted octanol–water partition coefficient (Wildman–Crippen LogP) is 5.66. The van der Waals surface area contributed by atoms with Crippen molar-refractivity contribution in [1.29, 1.82) is 0 Å². The number of nitro groups is 1. The molecule has 1 aliphatic rings. The van der Waals surface area contributed by atoms with E-state index >= 15 is 0 Å². The number of nitro benzene ring substituents is 1. The number of benzene rings is 3. The molecule has 0 radical (unpaired) electrons. The highest BCUT2D eigenvalue weighted by Crippen LogP contribution is 2.44. The van der Waals surface area contributed by atoms with Gasteiger partial charge in [-0.05, 0) is 66.9 Å². The van der Waals surface area contributed by atoms with E-state index in [1.54, 1.807) is 31.2 Å². The normalized spacial score (nSPS) is 15.9. The first-order chi connectivity index (χ1) is 20.6. The van der Waals surface area contributed by atoms with Crippen molar-refractivity contribution in [1.82, 2.24) is 4.98 Å². The van der Waals surface area contributed by atoms with Gasteiger partial charge in [-0.3, -0.25) is 24.6 Å². The van der Waals surface area contributed by atoms with Crippen molar-refractivity contribution in [2.45, 2.75) is 26.5 Å². The summed E-state index contributed by atoms with van der Waals surface area (Å²) in [7, 11) is 1.21. The van der Waals surface area contributed by atoms with Crippen molar-refractivity contribution in [3.8, 4) is 5.75 Å². The van der Waals surface area contributed by atoms with E-state index in [-0.39, 0.29) is 32.5 Å². The monoisotopic (exact) mass is 599 g/mol. The largest absolute Gasteiger partial charge is 0.507 e. The van der Waals surface area contributed by atoms with E-state index in [4.69, 9.17) is 9.47 Å². The summed E-state index contributed by atoms with van der Waals surface area (Å²) in [5.74, 6) is -2.53. The number of carbonyl (C=O) groups excluding carboxylic acids is 3. The molecule has 43 heavy (non-hydrogen) atoms. The van der Waals surface area contributed by atoms with Gasteiger partial charge in [-0.1, -0.05) is 35.6 Å². The van der Waals surface area contributed by atoms with Crippen LogP contribution < -0.4 is 9.64 Å². The summed E-state index contributed by atoms with van der Waals surface area (Å²) < 4.78 is 10.7. The van der Waals surface area contributed by atoms with Crippen molar-refractivity contribution in [2.75, 3.05) is 12.0 Å². The van der Waals surface area contributed by atoms with E-state index < -0.39 is 34.4 Å². The minimum Gasteiger partial charge on any atom is -0.507 e. The quantitative estimate of drug-likeness (QED) is 0.0676. The molecule has 1 atom stereocenters. The highest BCUT2D eigenvalue weighted by molar-refractivity contribution is 7.17. The Morgan fingerprint density at radius 3 is 2.35 bits per heavy atom. The van der Waals surface area contributed by atoms with Crippen molar-refractivity contribution in [3.63, 3.8) is 0 Å². The highest BCUT2D eigenvalue weighted by Gasteiger charge is 2.48. The molecular formula is C31H25N3O8S. The van der Waals surface area contributed by atoms with Gasteiger partial charge < -0.3 is 14.6 Å². The molecule has 0 spiro atoms. The number of anilines is 1. The zero-order valence-corrected chi connectivity index (χ0v) is 24.1. The van der Waals surface area contributed by atoms with Crippen LogP contribution in [-0.2, 0) is 20.9 Å².